The van der Waals surface area contributed by atoms with E-state index in [1.54, 1.807) is 17.6 Å². The molecule has 0 radical (unpaired) electrons. The summed E-state index contributed by atoms with van der Waals surface area (Å²) in [5.41, 5.74) is 3.20. The van der Waals surface area contributed by atoms with Gasteiger partial charge in [0.05, 0.1) is 13.4 Å². The molecule has 1 aromatic heterocycles. The van der Waals surface area contributed by atoms with E-state index in [1.165, 1.54) is 6.26 Å². The molecule has 0 aliphatic carbocycles. The highest BCUT2D eigenvalue weighted by Crippen LogP contribution is 2.33. The Labute approximate surface area is 171 Å². The SMILES string of the molecule is COc1cccc(-c2cc(NC3CCN(S(C)(=O)=O)CC3)c3cnccc3c2)c1. The Hall–Kier alpha value is -2.64. The quantitative estimate of drug-likeness (QED) is 0.692. The number of fused-ring (bicyclic) bond motifs is 1. The highest BCUT2D eigenvalue weighted by Gasteiger charge is 2.25. The highest BCUT2D eigenvalue weighted by molar-refractivity contribution is 7.88. The minimum Gasteiger partial charge on any atom is -0.497 e. The summed E-state index contributed by atoms with van der Waals surface area (Å²) in [6.45, 7) is 1.09. The van der Waals surface area contributed by atoms with Crippen molar-refractivity contribution in [2.45, 2.75) is 18.9 Å². The summed E-state index contributed by atoms with van der Waals surface area (Å²) in [5, 5.41) is 5.81. The minimum absolute atomic E-state index is 0.219. The van der Waals surface area contributed by atoms with Crippen molar-refractivity contribution in [1.29, 1.82) is 0 Å². The summed E-state index contributed by atoms with van der Waals surface area (Å²) >= 11 is 0. The van der Waals surface area contributed by atoms with Crippen LogP contribution < -0.4 is 10.1 Å². The number of hydrogen-bond donors (Lipinski definition) is 1. The highest BCUT2D eigenvalue weighted by atomic mass is 32.2. The predicted molar refractivity (Wildman–Crippen MR) is 117 cm³/mol. The largest absolute Gasteiger partial charge is 0.497 e. The maximum Gasteiger partial charge on any atom is 0.211 e. The molecule has 7 heteroatoms. The summed E-state index contributed by atoms with van der Waals surface area (Å²) in [4.78, 5) is 4.29. The van der Waals surface area contributed by atoms with E-state index in [9.17, 15) is 8.42 Å². The van der Waals surface area contributed by atoms with Gasteiger partial charge in [0.2, 0.25) is 10.0 Å². The van der Waals surface area contributed by atoms with Crippen molar-refractivity contribution >= 4 is 26.5 Å². The van der Waals surface area contributed by atoms with Gasteiger partial charge in [-0.1, -0.05) is 12.1 Å². The average molecular weight is 412 g/mol. The van der Waals surface area contributed by atoms with Crippen LogP contribution in [0.2, 0.25) is 0 Å². The third-order valence-corrected chi connectivity index (χ3v) is 6.74. The molecule has 0 amide bonds. The van der Waals surface area contributed by atoms with E-state index >= 15 is 0 Å². The van der Waals surface area contributed by atoms with E-state index in [1.807, 2.05) is 30.5 Å². The Morgan fingerprint density at radius 2 is 1.90 bits per heavy atom. The lowest BCUT2D eigenvalue weighted by Crippen LogP contribution is -2.41. The van der Waals surface area contributed by atoms with Crippen molar-refractivity contribution in [1.82, 2.24) is 9.29 Å². The van der Waals surface area contributed by atoms with Gasteiger partial charge >= 0.3 is 0 Å². The van der Waals surface area contributed by atoms with Gasteiger partial charge in [0.25, 0.3) is 0 Å². The summed E-state index contributed by atoms with van der Waals surface area (Å²) in [5.74, 6) is 0.819. The first kappa shape index (κ1) is 19.7. The normalized spacial score (nSPS) is 16.1. The second kappa shape index (κ2) is 8.00. The monoisotopic (exact) mass is 411 g/mol. The maximum atomic E-state index is 11.8. The zero-order valence-corrected chi connectivity index (χ0v) is 17.4. The van der Waals surface area contributed by atoms with E-state index in [0.717, 1.165) is 46.2 Å². The fourth-order valence-corrected chi connectivity index (χ4v) is 4.71. The van der Waals surface area contributed by atoms with Crippen molar-refractivity contribution in [3.63, 3.8) is 0 Å². The summed E-state index contributed by atoms with van der Waals surface area (Å²) in [7, 11) is -1.45. The van der Waals surface area contributed by atoms with Crippen LogP contribution in [0.25, 0.3) is 21.9 Å². The van der Waals surface area contributed by atoms with Crippen LogP contribution in [-0.4, -0.2) is 50.2 Å². The van der Waals surface area contributed by atoms with E-state index in [-0.39, 0.29) is 6.04 Å². The number of methoxy groups -OCH3 is 1. The van der Waals surface area contributed by atoms with E-state index in [4.69, 9.17) is 4.74 Å². The number of sulfonamides is 1. The molecule has 1 saturated heterocycles. The molecule has 3 aromatic rings. The first-order valence-corrected chi connectivity index (χ1v) is 11.5. The third-order valence-electron chi connectivity index (χ3n) is 5.44. The Morgan fingerprint density at radius 3 is 2.62 bits per heavy atom. The molecule has 1 N–H and O–H groups in total. The average Bonchev–Trinajstić information content (AvgIpc) is 2.73. The Bertz CT molecular complexity index is 1120. The van der Waals surface area contributed by atoms with Crippen molar-refractivity contribution in [2.24, 2.45) is 0 Å². The van der Waals surface area contributed by atoms with Crippen LogP contribution in [0.4, 0.5) is 5.69 Å². The number of ether oxygens (including phenoxy) is 1. The number of anilines is 1. The van der Waals surface area contributed by atoms with E-state index in [2.05, 4.69) is 28.5 Å². The molecule has 2 aromatic carbocycles. The van der Waals surface area contributed by atoms with Gasteiger partial charge in [-0.25, -0.2) is 12.7 Å². The molecule has 0 atom stereocenters. The lowest BCUT2D eigenvalue weighted by Gasteiger charge is -2.31. The molecule has 1 aliphatic heterocycles. The number of hydrogen-bond acceptors (Lipinski definition) is 5. The lowest BCUT2D eigenvalue weighted by atomic mass is 9.99. The van der Waals surface area contributed by atoms with Gasteiger partial charge in [-0.3, -0.25) is 4.98 Å². The standard InChI is InChI=1S/C22H25N3O3S/c1-28-20-5-3-4-16(13-20)18-12-17-6-9-23-15-21(17)22(14-18)24-19-7-10-25(11-8-19)29(2,26)27/h3-6,9,12-15,19,24H,7-8,10-11H2,1-2H3. The maximum absolute atomic E-state index is 11.8. The summed E-state index contributed by atoms with van der Waals surface area (Å²) in [6, 6.07) is 14.5. The minimum atomic E-state index is -3.12. The molecular weight excluding hydrogens is 386 g/mol. The molecule has 0 spiro atoms. The van der Waals surface area contributed by atoms with Gasteiger partial charge in [0.15, 0.2) is 0 Å². The van der Waals surface area contributed by atoms with Gasteiger partial charge in [-0.2, -0.15) is 0 Å². The molecule has 152 valence electrons. The first-order valence-electron chi connectivity index (χ1n) is 9.68. The number of piperidine rings is 1. The smallest absolute Gasteiger partial charge is 0.211 e. The van der Waals surface area contributed by atoms with Crippen LogP contribution in [0.1, 0.15) is 12.8 Å². The number of nitrogens with zero attached hydrogens (tertiary/aromatic N) is 2. The molecule has 0 unspecified atom stereocenters. The second-order valence-electron chi connectivity index (χ2n) is 7.43. The van der Waals surface area contributed by atoms with Crippen molar-refractivity contribution in [3.05, 3.63) is 54.9 Å². The molecule has 2 heterocycles. The van der Waals surface area contributed by atoms with E-state index in [0.29, 0.717) is 13.1 Å². The van der Waals surface area contributed by atoms with Crippen LogP contribution in [0, 0.1) is 0 Å². The van der Waals surface area contributed by atoms with Crippen LogP contribution in [0.5, 0.6) is 5.75 Å². The molecular formula is C22H25N3O3S. The molecule has 0 saturated carbocycles. The molecule has 29 heavy (non-hydrogen) atoms. The van der Waals surface area contributed by atoms with Gasteiger partial charge in [0.1, 0.15) is 5.75 Å². The molecule has 1 aliphatic rings. The number of benzene rings is 2. The molecule has 6 nitrogen and oxygen atoms in total. The lowest BCUT2D eigenvalue weighted by molar-refractivity contribution is 0.332. The number of aromatic nitrogens is 1. The summed E-state index contributed by atoms with van der Waals surface area (Å²) in [6.07, 6.45) is 6.50. The predicted octanol–water partition coefficient (Wildman–Crippen LogP) is 3.75. The Kier molecular flexibility index (Phi) is 5.43. The van der Waals surface area contributed by atoms with Crippen molar-refractivity contribution < 1.29 is 13.2 Å². The number of nitrogens with one attached hydrogen (secondary N) is 1. The topological polar surface area (TPSA) is 71.5 Å². The summed E-state index contributed by atoms with van der Waals surface area (Å²) < 4.78 is 30.5. The zero-order chi connectivity index (χ0) is 20.4. The van der Waals surface area contributed by atoms with Gasteiger partial charge in [-0.15, -0.1) is 0 Å². The fraction of sp³-hybridized carbons (Fsp3) is 0.318. The zero-order valence-electron chi connectivity index (χ0n) is 16.6. The van der Waals surface area contributed by atoms with Crippen molar-refractivity contribution in [3.8, 4) is 16.9 Å². The Balaban J connectivity index is 1.65. The van der Waals surface area contributed by atoms with Gasteiger partial charge < -0.3 is 10.1 Å². The molecule has 0 bridgehead atoms. The van der Waals surface area contributed by atoms with Gasteiger partial charge in [-0.05, 0) is 59.7 Å². The fourth-order valence-electron chi connectivity index (χ4n) is 3.84. The van der Waals surface area contributed by atoms with Crippen LogP contribution in [0.15, 0.2) is 54.9 Å². The third kappa shape index (κ3) is 4.36. The van der Waals surface area contributed by atoms with Crippen LogP contribution in [0.3, 0.4) is 0 Å². The molecule has 4 rings (SSSR count). The number of rotatable bonds is 5. The number of pyridine rings is 1. The van der Waals surface area contributed by atoms with Gasteiger partial charge in [0, 0.05) is 42.6 Å². The second-order valence-corrected chi connectivity index (χ2v) is 9.42. The Morgan fingerprint density at radius 1 is 1.10 bits per heavy atom. The van der Waals surface area contributed by atoms with Crippen LogP contribution >= 0.6 is 0 Å². The van der Waals surface area contributed by atoms with E-state index < -0.39 is 10.0 Å². The first-order chi connectivity index (χ1) is 13.9. The van der Waals surface area contributed by atoms with Crippen molar-refractivity contribution in [2.75, 3.05) is 31.8 Å². The van der Waals surface area contributed by atoms with Crippen LogP contribution in [-0.2, 0) is 10.0 Å². The molecule has 1 fully saturated rings.